The molecule has 0 spiro atoms. The van der Waals surface area contributed by atoms with E-state index in [0.29, 0.717) is 13.2 Å². The predicted molar refractivity (Wildman–Crippen MR) is 120 cm³/mol. The van der Waals surface area contributed by atoms with Gasteiger partial charge in [-0.25, -0.2) is 0 Å². The van der Waals surface area contributed by atoms with Crippen LogP contribution >= 0.6 is 0 Å². The number of ether oxygens (including phenoxy) is 3. The maximum atomic E-state index is 5.74. The summed E-state index contributed by atoms with van der Waals surface area (Å²) in [7, 11) is 0. The van der Waals surface area contributed by atoms with E-state index in [0.717, 1.165) is 0 Å². The molecule has 0 aromatic heterocycles. The second kappa shape index (κ2) is 9.88. The van der Waals surface area contributed by atoms with Crippen LogP contribution in [0.3, 0.4) is 0 Å². The van der Waals surface area contributed by atoms with Crippen molar-refractivity contribution in [3.8, 4) is 0 Å². The van der Waals surface area contributed by atoms with E-state index >= 15 is 0 Å². The van der Waals surface area contributed by atoms with E-state index in [1.807, 2.05) is 0 Å². The molecule has 0 atom stereocenters. The lowest BCUT2D eigenvalue weighted by atomic mass is 9.83. The Morgan fingerprint density at radius 2 is 0.966 bits per heavy atom. The standard InChI is InChI=1S/C26H38O3/c1-19-9-11-21(23(13-19)25(3,4)5)15-27-17-29-18-28-16-22-12-10-20(2)14-24(22)26(6,7)8/h9-14H,15-18H2,1-8H3. The van der Waals surface area contributed by atoms with Crippen LogP contribution in [0.1, 0.15) is 74.9 Å². The van der Waals surface area contributed by atoms with E-state index in [9.17, 15) is 0 Å². The van der Waals surface area contributed by atoms with Gasteiger partial charge in [0.05, 0.1) is 13.2 Å². The molecule has 0 saturated heterocycles. The van der Waals surface area contributed by atoms with Gasteiger partial charge >= 0.3 is 0 Å². The summed E-state index contributed by atoms with van der Waals surface area (Å²) in [5, 5.41) is 0. The fraction of sp³-hybridized carbons (Fsp3) is 0.538. The topological polar surface area (TPSA) is 27.7 Å². The zero-order valence-corrected chi connectivity index (χ0v) is 19.5. The van der Waals surface area contributed by atoms with Crippen LogP contribution in [0.15, 0.2) is 36.4 Å². The molecule has 0 aliphatic carbocycles. The van der Waals surface area contributed by atoms with Crippen molar-refractivity contribution in [3.63, 3.8) is 0 Å². The summed E-state index contributed by atoms with van der Waals surface area (Å²) in [5.74, 6) is 0. The predicted octanol–water partition coefficient (Wildman–Crippen LogP) is 6.56. The minimum absolute atomic E-state index is 0.0908. The first-order valence-electron chi connectivity index (χ1n) is 10.4. The third-order valence-corrected chi connectivity index (χ3v) is 5.00. The Labute approximate surface area is 177 Å². The van der Waals surface area contributed by atoms with Crippen molar-refractivity contribution < 1.29 is 14.2 Å². The molecule has 3 nitrogen and oxygen atoms in total. The summed E-state index contributed by atoms with van der Waals surface area (Å²) >= 11 is 0. The zero-order chi connectivity index (χ0) is 21.7. The van der Waals surface area contributed by atoms with Crippen LogP contribution in [0, 0.1) is 13.8 Å². The minimum Gasteiger partial charge on any atom is -0.351 e. The second-order valence-electron chi connectivity index (χ2n) is 9.96. The van der Waals surface area contributed by atoms with Crippen molar-refractivity contribution in [2.45, 2.75) is 79.4 Å². The number of aryl methyl sites for hydroxylation is 2. The summed E-state index contributed by atoms with van der Waals surface area (Å²) in [4.78, 5) is 0. The van der Waals surface area contributed by atoms with Crippen LogP contribution in [-0.2, 0) is 38.3 Å². The van der Waals surface area contributed by atoms with Gasteiger partial charge in [-0.1, -0.05) is 89.1 Å². The lowest BCUT2D eigenvalue weighted by Gasteiger charge is -2.24. The van der Waals surface area contributed by atoms with Gasteiger partial charge in [0, 0.05) is 0 Å². The van der Waals surface area contributed by atoms with E-state index in [1.165, 1.54) is 33.4 Å². The summed E-state index contributed by atoms with van der Waals surface area (Å²) in [6, 6.07) is 13.1. The van der Waals surface area contributed by atoms with Gasteiger partial charge in [-0.3, -0.25) is 0 Å². The van der Waals surface area contributed by atoms with Crippen LogP contribution in [0.2, 0.25) is 0 Å². The molecule has 2 rings (SSSR count). The average Bonchev–Trinajstić information content (AvgIpc) is 2.61. The third kappa shape index (κ3) is 7.26. The van der Waals surface area contributed by atoms with Crippen LogP contribution in [0.4, 0.5) is 0 Å². The van der Waals surface area contributed by atoms with Crippen molar-refractivity contribution in [1.82, 2.24) is 0 Å². The minimum atomic E-state index is 0.0908. The normalized spacial score (nSPS) is 12.4. The molecule has 0 unspecified atom stereocenters. The molecular formula is C26H38O3. The van der Waals surface area contributed by atoms with Crippen LogP contribution in [-0.4, -0.2) is 13.6 Å². The van der Waals surface area contributed by atoms with E-state index in [-0.39, 0.29) is 24.4 Å². The van der Waals surface area contributed by atoms with Gasteiger partial charge in [0.2, 0.25) is 0 Å². The number of hydrogen-bond donors (Lipinski definition) is 0. The van der Waals surface area contributed by atoms with Crippen molar-refractivity contribution in [2.75, 3.05) is 13.6 Å². The first-order valence-corrected chi connectivity index (χ1v) is 10.4. The van der Waals surface area contributed by atoms with Gasteiger partial charge < -0.3 is 14.2 Å². The molecule has 3 heteroatoms. The highest BCUT2D eigenvalue weighted by atomic mass is 16.7. The Kier molecular flexibility index (Phi) is 8.04. The summed E-state index contributed by atoms with van der Waals surface area (Å²) in [5.41, 5.74) is 7.79. The molecule has 0 aliphatic rings. The largest absolute Gasteiger partial charge is 0.351 e. The fourth-order valence-electron chi connectivity index (χ4n) is 3.48. The van der Waals surface area contributed by atoms with Crippen molar-refractivity contribution >= 4 is 0 Å². The quantitative estimate of drug-likeness (QED) is 0.372. The molecule has 0 aliphatic heterocycles. The van der Waals surface area contributed by atoms with E-state index < -0.39 is 0 Å². The maximum Gasteiger partial charge on any atom is 0.150 e. The third-order valence-electron chi connectivity index (χ3n) is 5.00. The van der Waals surface area contributed by atoms with Crippen molar-refractivity contribution in [2.24, 2.45) is 0 Å². The molecule has 0 radical (unpaired) electrons. The molecule has 160 valence electrons. The van der Waals surface area contributed by atoms with Crippen molar-refractivity contribution in [3.05, 3.63) is 69.8 Å². The van der Waals surface area contributed by atoms with Gasteiger partial charge in [-0.05, 0) is 46.9 Å². The van der Waals surface area contributed by atoms with Crippen LogP contribution < -0.4 is 0 Å². The lowest BCUT2D eigenvalue weighted by molar-refractivity contribution is -0.139. The number of rotatable bonds is 8. The molecule has 0 bridgehead atoms. The number of hydrogen-bond acceptors (Lipinski definition) is 3. The van der Waals surface area contributed by atoms with Gasteiger partial charge in [0.1, 0.15) is 13.6 Å². The summed E-state index contributed by atoms with van der Waals surface area (Å²) < 4.78 is 17.0. The Hall–Kier alpha value is -1.68. The smallest absolute Gasteiger partial charge is 0.150 e. The summed E-state index contributed by atoms with van der Waals surface area (Å²) in [6.07, 6.45) is 0. The average molecular weight is 399 g/mol. The summed E-state index contributed by atoms with van der Waals surface area (Å²) in [6.45, 7) is 19.1. The maximum absolute atomic E-state index is 5.74. The van der Waals surface area contributed by atoms with Gasteiger partial charge in [-0.2, -0.15) is 0 Å². The Bertz CT molecular complexity index is 727. The second-order valence-corrected chi connectivity index (χ2v) is 9.96. The van der Waals surface area contributed by atoms with E-state index in [4.69, 9.17) is 14.2 Å². The molecule has 0 fully saturated rings. The van der Waals surface area contributed by atoms with E-state index in [2.05, 4.69) is 91.8 Å². The van der Waals surface area contributed by atoms with Crippen LogP contribution in [0.5, 0.6) is 0 Å². The zero-order valence-electron chi connectivity index (χ0n) is 19.5. The molecule has 0 amide bonds. The van der Waals surface area contributed by atoms with Gasteiger partial charge in [0.25, 0.3) is 0 Å². The Morgan fingerprint density at radius 3 is 1.31 bits per heavy atom. The first kappa shape index (κ1) is 23.6. The highest BCUT2D eigenvalue weighted by Gasteiger charge is 2.19. The Balaban J connectivity index is 1.78. The molecule has 2 aromatic carbocycles. The molecule has 0 saturated carbocycles. The highest BCUT2D eigenvalue weighted by molar-refractivity contribution is 5.36. The molecular weight excluding hydrogens is 360 g/mol. The molecule has 0 N–H and O–H groups in total. The molecule has 2 aromatic rings. The Morgan fingerprint density at radius 1 is 0.586 bits per heavy atom. The lowest BCUT2D eigenvalue weighted by Crippen LogP contribution is -2.16. The van der Waals surface area contributed by atoms with Crippen molar-refractivity contribution in [1.29, 1.82) is 0 Å². The fourth-order valence-corrected chi connectivity index (χ4v) is 3.48. The highest BCUT2D eigenvalue weighted by Crippen LogP contribution is 2.28. The molecule has 0 heterocycles. The monoisotopic (exact) mass is 398 g/mol. The molecule has 29 heavy (non-hydrogen) atoms. The first-order chi connectivity index (χ1) is 13.5. The van der Waals surface area contributed by atoms with E-state index in [1.54, 1.807) is 0 Å². The van der Waals surface area contributed by atoms with Crippen LogP contribution in [0.25, 0.3) is 0 Å². The SMILES string of the molecule is Cc1ccc(COCOCOCc2ccc(C)cc2C(C)(C)C)c(C(C)(C)C)c1. The van der Waals surface area contributed by atoms with Gasteiger partial charge in [0.15, 0.2) is 0 Å². The van der Waals surface area contributed by atoms with Gasteiger partial charge in [-0.15, -0.1) is 0 Å². The number of benzene rings is 2.